The van der Waals surface area contributed by atoms with Crippen LogP contribution in [0, 0.1) is 0 Å². The van der Waals surface area contributed by atoms with Crippen molar-refractivity contribution in [2.24, 2.45) is 0 Å². The van der Waals surface area contributed by atoms with Crippen LogP contribution in [0.3, 0.4) is 0 Å². The standard InChI is InChI=1S/C13H20N2O2/c14-11-1-3-12(4-2-11)16-9-10-17-13-5-7-15-8-6-13/h1-4,13,15H,5-10,14H2. The number of nitrogen functional groups attached to an aromatic ring is 1. The molecule has 94 valence electrons. The molecular formula is C13H20N2O2. The molecule has 4 nitrogen and oxygen atoms in total. The van der Waals surface area contributed by atoms with Gasteiger partial charge in [-0.1, -0.05) is 0 Å². The third-order valence-corrected chi connectivity index (χ3v) is 2.87. The van der Waals surface area contributed by atoms with E-state index in [0.717, 1.165) is 37.4 Å². The van der Waals surface area contributed by atoms with E-state index >= 15 is 0 Å². The Morgan fingerprint density at radius 1 is 1.12 bits per heavy atom. The van der Waals surface area contributed by atoms with Gasteiger partial charge in [0.05, 0.1) is 12.7 Å². The summed E-state index contributed by atoms with van der Waals surface area (Å²) in [6.07, 6.45) is 2.59. The average Bonchev–Trinajstić information content (AvgIpc) is 2.38. The summed E-state index contributed by atoms with van der Waals surface area (Å²) in [5.74, 6) is 0.841. The van der Waals surface area contributed by atoms with E-state index in [0.29, 0.717) is 19.3 Å². The van der Waals surface area contributed by atoms with Gasteiger partial charge in [-0.3, -0.25) is 0 Å². The van der Waals surface area contributed by atoms with Gasteiger partial charge < -0.3 is 20.5 Å². The number of hydrogen-bond acceptors (Lipinski definition) is 4. The maximum Gasteiger partial charge on any atom is 0.119 e. The molecule has 0 spiro atoms. The quantitative estimate of drug-likeness (QED) is 0.599. The van der Waals surface area contributed by atoms with Crippen molar-refractivity contribution < 1.29 is 9.47 Å². The molecule has 0 bridgehead atoms. The minimum absolute atomic E-state index is 0.395. The van der Waals surface area contributed by atoms with Crippen LogP contribution in [0.4, 0.5) is 5.69 Å². The molecular weight excluding hydrogens is 216 g/mol. The number of rotatable bonds is 5. The number of ether oxygens (including phenoxy) is 2. The normalized spacial score (nSPS) is 16.9. The lowest BCUT2D eigenvalue weighted by Crippen LogP contribution is -2.33. The van der Waals surface area contributed by atoms with Crippen LogP contribution in [0.5, 0.6) is 5.75 Å². The van der Waals surface area contributed by atoms with Crippen molar-refractivity contribution in [1.82, 2.24) is 5.32 Å². The summed E-state index contributed by atoms with van der Waals surface area (Å²) in [6.45, 7) is 3.36. The Morgan fingerprint density at radius 2 is 1.82 bits per heavy atom. The largest absolute Gasteiger partial charge is 0.491 e. The summed E-state index contributed by atoms with van der Waals surface area (Å²) in [4.78, 5) is 0. The van der Waals surface area contributed by atoms with Crippen molar-refractivity contribution in [3.8, 4) is 5.75 Å². The van der Waals surface area contributed by atoms with Gasteiger partial charge in [-0.05, 0) is 50.2 Å². The van der Waals surface area contributed by atoms with Crippen molar-refractivity contribution in [2.75, 3.05) is 32.0 Å². The molecule has 0 saturated carbocycles. The summed E-state index contributed by atoms with van der Waals surface area (Å²) in [5.41, 5.74) is 6.35. The lowest BCUT2D eigenvalue weighted by Gasteiger charge is -2.22. The molecule has 4 heteroatoms. The first-order valence-corrected chi connectivity index (χ1v) is 6.15. The van der Waals surface area contributed by atoms with E-state index in [1.807, 2.05) is 24.3 Å². The molecule has 1 aliphatic heterocycles. The van der Waals surface area contributed by atoms with E-state index in [-0.39, 0.29) is 0 Å². The van der Waals surface area contributed by atoms with Gasteiger partial charge in [0.2, 0.25) is 0 Å². The highest BCUT2D eigenvalue weighted by atomic mass is 16.5. The molecule has 0 aromatic heterocycles. The zero-order valence-electron chi connectivity index (χ0n) is 10.0. The zero-order chi connectivity index (χ0) is 11.9. The molecule has 0 radical (unpaired) electrons. The summed E-state index contributed by atoms with van der Waals surface area (Å²) in [6, 6.07) is 7.42. The SMILES string of the molecule is Nc1ccc(OCCOC2CCNCC2)cc1. The number of benzene rings is 1. The maximum atomic E-state index is 5.74. The van der Waals surface area contributed by atoms with Crippen LogP contribution in [0.15, 0.2) is 24.3 Å². The Balaban J connectivity index is 1.60. The van der Waals surface area contributed by atoms with Crippen LogP contribution in [-0.2, 0) is 4.74 Å². The van der Waals surface area contributed by atoms with Gasteiger partial charge >= 0.3 is 0 Å². The van der Waals surface area contributed by atoms with Crippen molar-refractivity contribution in [3.63, 3.8) is 0 Å². The Kier molecular flexibility index (Phi) is 4.64. The Morgan fingerprint density at radius 3 is 2.53 bits per heavy atom. The predicted octanol–water partition coefficient (Wildman–Crippen LogP) is 1.42. The number of nitrogens with one attached hydrogen (secondary N) is 1. The first-order valence-electron chi connectivity index (χ1n) is 6.15. The minimum Gasteiger partial charge on any atom is -0.491 e. The molecule has 1 aromatic rings. The van der Waals surface area contributed by atoms with Gasteiger partial charge in [-0.2, -0.15) is 0 Å². The zero-order valence-corrected chi connectivity index (χ0v) is 10.0. The summed E-state index contributed by atoms with van der Waals surface area (Å²) in [7, 11) is 0. The second-order valence-corrected chi connectivity index (χ2v) is 4.24. The number of piperidine rings is 1. The van der Waals surface area contributed by atoms with Crippen molar-refractivity contribution in [2.45, 2.75) is 18.9 Å². The van der Waals surface area contributed by atoms with Gasteiger partial charge in [0.25, 0.3) is 0 Å². The van der Waals surface area contributed by atoms with Crippen LogP contribution >= 0.6 is 0 Å². The van der Waals surface area contributed by atoms with Crippen molar-refractivity contribution in [1.29, 1.82) is 0 Å². The molecule has 17 heavy (non-hydrogen) atoms. The predicted molar refractivity (Wildman–Crippen MR) is 68.2 cm³/mol. The lowest BCUT2D eigenvalue weighted by molar-refractivity contribution is 0.0168. The lowest BCUT2D eigenvalue weighted by atomic mass is 10.1. The van der Waals surface area contributed by atoms with E-state index in [9.17, 15) is 0 Å². The molecule has 2 rings (SSSR count). The third kappa shape index (κ3) is 4.24. The summed E-state index contributed by atoms with van der Waals surface area (Å²) >= 11 is 0. The number of nitrogens with two attached hydrogens (primary N) is 1. The average molecular weight is 236 g/mol. The fourth-order valence-corrected chi connectivity index (χ4v) is 1.90. The molecule has 0 atom stereocenters. The van der Waals surface area contributed by atoms with Crippen molar-refractivity contribution >= 4 is 5.69 Å². The highest BCUT2D eigenvalue weighted by Crippen LogP contribution is 2.13. The molecule has 0 aliphatic carbocycles. The smallest absolute Gasteiger partial charge is 0.119 e. The van der Waals surface area contributed by atoms with Crippen molar-refractivity contribution in [3.05, 3.63) is 24.3 Å². The Labute approximate surface area is 102 Å². The summed E-state index contributed by atoms with van der Waals surface area (Å²) < 4.78 is 11.3. The molecule has 3 N–H and O–H groups in total. The summed E-state index contributed by atoms with van der Waals surface area (Å²) in [5, 5.41) is 3.31. The Hall–Kier alpha value is -1.26. The van der Waals surface area contributed by atoms with Crippen LogP contribution < -0.4 is 15.8 Å². The van der Waals surface area contributed by atoms with Crippen LogP contribution in [0.1, 0.15) is 12.8 Å². The third-order valence-electron chi connectivity index (χ3n) is 2.87. The van der Waals surface area contributed by atoms with Gasteiger partial charge in [0, 0.05) is 5.69 Å². The van der Waals surface area contributed by atoms with E-state index in [1.165, 1.54) is 0 Å². The van der Waals surface area contributed by atoms with E-state index in [4.69, 9.17) is 15.2 Å². The van der Waals surface area contributed by atoms with Crippen LogP contribution in [0.25, 0.3) is 0 Å². The topological polar surface area (TPSA) is 56.5 Å². The monoisotopic (exact) mass is 236 g/mol. The molecule has 1 fully saturated rings. The first-order chi connectivity index (χ1) is 8.34. The second-order valence-electron chi connectivity index (χ2n) is 4.24. The Bertz CT molecular complexity index is 321. The molecule has 1 heterocycles. The van der Waals surface area contributed by atoms with Gasteiger partial charge in [-0.25, -0.2) is 0 Å². The van der Waals surface area contributed by atoms with Gasteiger partial charge in [0.15, 0.2) is 0 Å². The van der Waals surface area contributed by atoms with Gasteiger partial charge in [-0.15, -0.1) is 0 Å². The molecule has 1 saturated heterocycles. The maximum absolute atomic E-state index is 5.74. The van der Waals surface area contributed by atoms with Crippen LogP contribution in [-0.4, -0.2) is 32.4 Å². The highest BCUT2D eigenvalue weighted by molar-refractivity contribution is 5.41. The molecule has 0 unspecified atom stereocenters. The van der Waals surface area contributed by atoms with Crippen LogP contribution in [0.2, 0.25) is 0 Å². The molecule has 1 aromatic carbocycles. The number of anilines is 1. The molecule has 0 amide bonds. The first kappa shape index (κ1) is 12.2. The van der Waals surface area contributed by atoms with E-state index in [2.05, 4.69) is 5.32 Å². The second kappa shape index (κ2) is 6.47. The fraction of sp³-hybridized carbons (Fsp3) is 0.538. The number of hydrogen-bond donors (Lipinski definition) is 2. The fourth-order valence-electron chi connectivity index (χ4n) is 1.90. The highest BCUT2D eigenvalue weighted by Gasteiger charge is 2.12. The van der Waals surface area contributed by atoms with E-state index < -0.39 is 0 Å². The van der Waals surface area contributed by atoms with Gasteiger partial charge in [0.1, 0.15) is 12.4 Å². The van der Waals surface area contributed by atoms with E-state index in [1.54, 1.807) is 0 Å². The minimum atomic E-state index is 0.395. The molecule has 1 aliphatic rings.